The van der Waals surface area contributed by atoms with Gasteiger partial charge in [-0.15, -0.1) is 0 Å². The van der Waals surface area contributed by atoms with E-state index in [1.165, 1.54) is 0 Å². The monoisotopic (exact) mass is 229 g/mol. The highest BCUT2D eigenvalue weighted by Crippen LogP contribution is 2.34. The molecule has 17 heavy (non-hydrogen) atoms. The number of aromatic amines is 1. The molecule has 0 unspecified atom stereocenters. The summed E-state index contributed by atoms with van der Waals surface area (Å²) >= 11 is 0. The first-order valence-corrected chi connectivity index (χ1v) is 5.15. The summed E-state index contributed by atoms with van der Waals surface area (Å²) in [7, 11) is 1.62. The molecule has 0 aliphatic rings. The number of ether oxygens (including phenoxy) is 1. The molecule has 5 heteroatoms. The molecule has 0 bridgehead atoms. The lowest BCUT2D eigenvalue weighted by Crippen LogP contribution is -1.87. The van der Waals surface area contributed by atoms with Gasteiger partial charge in [-0.1, -0.05) is 5.16 Å². The van der Waals surface area contributed by atoms with E-state index < -0.39 is 0 Å². The molecule has 2 heterocycles. The fourth-order valence-corrected chi connectivity index (χ4v) is 1.86. The van der Waals surface area contributed by atoms with Crippen LogP contribution in [0.3, 0.4) is 0 Å². The predicted octanol–water partition coefficient (Wildman–Crippen LogP) is 2.41. The summed E-state index contributed by atoms with van der Waals surface area (Å²) in [6, 6.07) is 7.55. The number of hydrogen-bond acceptors (Lipinski definition) is 4. The Labute approximate surface area is 97.2 Å². The molecule has 0 saturated carbocycles. The van der Waals surface area contributed by atoms with Crippen LogP contribution in [0.4, 0.5) is 5.82 Å². The molecule has 3 aromatic rings. The van der Waals surface area contributed by atoms with Crippen LogP contribution in [0.25, 0.3) is 22.2 Å². The average Bonchev–Trinajstić information content (AvgIpc) is 2.94. The van der Waals surface area contributed by atoms with E-state index in [0.717, 1.165) is 22.2 Å². The smallest absolute Gasteiger partial charge is 0.172 e. The van der Waals surface area contributed by atoms with E-state index in [0.29, 0.717) is 11.6 Å². The van der Waals surface area contributed by atoms with Gasteiger partial charge in [0.05, 0.1) is 12.7 Å². The highest BCUT2D eigenvalue weighted by atomic mass is 16.5. The van der Waals surface area contributed by atoms with Gasteiger partial charge < -0.3 is 20.0 Å². The van der Waals surface area contributed by atoms with Gasteiger partial charge in [-0.05, 0) is 18.2 Å². The van der Waals surface area contributed by atoms with Crippen molar-refractivity contribution in [2.24, 2.45) is 0 Å². The van der Waals surface area contributed by atoms with Gasteiger partial charge in [-0.3, -0.25) is 0 Å². The molecule has 0 aliphatic carbocycles. The number of nitrogens with one attached hydrogen (secondary N) is 1. The molecule has 0 amide bonds. The van der Waals surface area contributed by atoms with E-state index >= 15 is 0 Å². The van der Waals surface area contributed by atoms with Crippen LogP contribution < -0.4 is 10.5 Å². The van der Waals surface area contributed by atoms with Crippen LogP contribution in [0.5, 0.6) is 5.75 Å². The number of benzene rings is 1. The lowest BCUT2D eigenvalue weighted by molar-refractivity contribution is 0.407. The topological polar surface area (TPSA) is 77.1 Å². The summed E-state index contributed by atoms with van der Waals surface area (Å²) in [5, 5.41) is 4.75. The Hall–Kier alpha value is -2.43. The molecule has 0 saturated heterocycles. The first kappa shape index (κ1) is 9.77. The van der Waals surface area contributed by atoms with Crippen molar-refractivity contribution in [2.75, 3.05) is 12.8 Å². The zero-order valence-corrected chi connectivity index (χ0v) is 9.23. The molecular weight excluding hydrogens is 218 g/mol. The van der Waals surface area contributed by atoms with E-state index in [-0.39, 0.29) is 0 Å². The quantitative estimate of drug-likeness (QED) is 0.707. The molecule has 2 aromatic heterocycles. The minimum atomic E-state index is 0.355. The summed E-state index contributed by atoms with van der Waals surface area (Å²) in [6.07, 6.45) is 1.88. The lowest BCUT2D eigenvalue weighted by Gasteiger charge is -2.05. The van der Waals surface area contributed by atoms with Gasteiger partial charge in [-0.2, -0.15) is 0 Å². The van der Waals surface area contributed by atoms with Crippen molar-refractivity contribution in [1.29, 1.82) is 0 Å². The van der Waals surface area contributed by atoms with E-state index in [4.69, 9.17) is 15.0 Å². The van der Waals surface area contributed by atoms with Crippen LogP contribution in [-0.4, -0.2) is 17.3 Å². The van der Waals surface area contributed by atoms with Gasteiger partial charge in [0.2, 0.25) is 0 Å². The number of nitrogens with two attached hydrogens (primary N) is 1. The van der Waals surface area contributed by atoms with Crippen LogP contribution in [0.2, 0.25) is 0 Å². The van der Waals surface area contributed by atoms with Gasteiger partial charge in [0.15, 0.2) is 11.6 Å². The van der Waals surface area contributed by atoms with Crippen LogP contribution in [0.15, 0.2) is 35.0 Å². The summed E-state index contributed by atoms with van der Waals surface area (Å²) in [5.74, 6) is 1.68. The number of fused-ring (bicyclic) bond motifs is 1. The van der Waals surface area contributed by atoms with Crippen molar-refractivity contribution in [1.82, 2.24) is 10.1 Å². The maximum atomic E-state index is 5.55. The third-order valence-corrected chi connectivity index (χ3v) is 2.67. The van der Waals surface area contributed by atoms with E-state index in [9.17, 15) is 0 Å². The second-order valence-electron chi connectivity index (χ2n) is 3.73. The Morgan fingerprint density at radius 3 is 2.94 bits per heavy atom. The van der Waals surface area contributed by atoms with E-state index in [1.807, 2.05) is 24.4 Å². The van der Waals surface area contributed by atoms with Crippen molar-refractivity contribution in [3.63, 3.8) is 0 Å². The van der Waals surface area contributed by atoms with E-state index in [2.05, 4.69) is 10.1 Å². The van der Waals surface area contributed by atoms with Crippen LogP contribution >= 0.6 is 0 Å². The molecule has 0 spiro atoms. The summed E-state index contributed by atoms with van der Waals surface area (Å²) < 4.78 is 10.5. The standard InChI is InChI=1S/C12H11N3O2/c1-16-10-4-7-2-3-14-9(7)5-8(10)11-6-12(13)15-17-11/h2-6,14H,1H3,(H2,13,15). The molecule has 86 valence electrons. The second kappa shape index (κ2) is 3.55. The number of nitrogens with zero attached hydrogens (tertiary/aromatic N) is 1. The molecule has 0 aliphatic heterocycles. The molecular formula is C12H11N3O2. The first-order valence-electron chi connectivity index (χ1n) is 5.15. The average molecular weight is 229 g/mol. The Bertz CT molecular complexity index is 669. The minimum absolute atomic E-state index is 0.355. The number of hydrogen-bond donors (Lipinski definition) is 2. The summed E-state index contributed by atoms with van der Waals surface area (Å²) in [6.45, 7) is 0. The van der Waals surface area contributed by atoms with Crippen LogP contribution in [-0.2, 0) is 0 Å². The Morgan fingerprint density at radius 2 is 2.24 bits per heavy atom. The summed E-state index contributed by atoms with van der Waals surface area (Å²) in [5.41, 5.74) is 7.38. The van der Waals surface area contributed by atoms with Gasteiger partial charge >= 0.3 is 0 Å². The fraction of sp³-hybridized carbons (Fsp3) is 0.0833. The molecule has 0 radical (unpaired) electrons. The summed E-state index contributed by atoms with van der Waals surface area (Å²) in [4.78, 5) is 3.14. The van der Waals surface area contributed by atoms with E-state index in [1.54, 1.807) is 13.2 Å². The Morgan fingerprint density at radius 1 is 1.35 bits per heavy atom. The highest BCUT2D eigenvalue weighted by molar-refractivity contribution is 5.87. The zero-order valence-electron chi connectivity index (χ0n) is 9.23. The van der Waals surface area contributed by atoms with Crippen LogP contribution in [0, 0.1) is 0 Å². The Balaban J connectivity index is 2.25. The number of anilines is 1. The molecule has 5 nitrogen and oxygen atoms in total. The van der Waals surface area contributed by atoms with Crippen molar-refractivity contribution < 1.29 is 9.26 Å². The van der Waals surface area contributed by atoms with Crippen molar-refractivity contribution in [2.45, 2.75) is 0 Å². The predicted molar refractivity (Wildman–Crippen MR) is 64.8 cm³/mol. The van der Waals surface area contributed by atoms with Crippen LogP contribution in [0.1, 0.15) is 0 Å². The number of methoxy groups -OCH3 is 1. The van der Waals surface area contributed by atoms with Crippen molar-refractivity contribution >= 4 is 16.7 Å². The Kier molecular flexibility index (Phi) is 2.04. The number of nitrogen functional groups attached to an aromatic ring is 1. The maximum Gasteiger partial charge on any atom is 0.172 e. The largest absolute Gasteiger partial charge is 0.496 e. The minimum Gasteiger partial charge on any atom is -0.496 e. The van der Waals surface area contributed by atoms with Gasteiger partial charge in [0.1, 0.15) is 5.75 Å². The second-order valence-corrected chi connectivity index (χ2v) is 3.73. The van der Waals surface area contributed by atoms with Gasteiger partial charge in [0.25, 0.3) is 0 Å². The number of aromatic nitrogens is 2. The lowest BCUT2D eigenvalue weighted by atomic mass is 10.1. The van der Waals surface area contributed by atoms with Gasteiger partial charge in [-0.25, -0.2) is 0 Å². The SMILES string of the molecule is COc1cc2cc[nH]c2cc1-c1cc(N)no1. The fourth-order valence-electron chi connectivity index (χ4n) is 1.86. The third-order valence-electron chi connectivity index (χ3n) is 2.67. The molecule has 1 aromatic carbocycles. The maximum absolute atomic E-state index is 5.55. The van der Waals surface area contributed by atoms with Gasteiger partial charge in [0, 0.05) is 23.2 Å². The molecule has 3 rings (SSSR count). The van der Waals surface area contributed by atoms with Crippen molar-refractivity contribution in [3.05, 3.63) is 30.5 Å². The van der Waals surface area contributed by atoms with Crippen molar-refractivity contribution in [3.8, 4) is 17.1 Å². The third kappa shape index (κ3) is 1.52. The number of H-pyrrole nitrogens is 1. The number of rotatable bonds is 2. The molecule has 3 N–H and O–H groups in total. The normalized spacial score (nSPS) is 10.9. The zero-order chi connectivity index (χ0) is 11.8. The molecule has 0 fully saturated rings. The molecule has 0 atom stereocenters. The highest BCUT2D eigenvalue weighted by Gasteiger charge is 2.12. The first-order chi connectivity index (χ1) is 8.28.